The van der Waals surface area contributed by atoms with Crippen LogP contribution >= 0.6 is 0 Å². The molecular formula is C23H35F3N4O3. The van der Waals surface area contributed by atoms with Gasteiger partial charge in [0.1, 0.15) is 12.1 Å². The molecule has 33 heavy (non-hydrogen) atoms. The zero-order chi connectivity index (χ0) is 25.2. The second kappa shape index (κ2) is 13.0. The lowest BCUT2D eigenvalue weighted by atomic mass is 10.0. The first-order chi connectivity index (χ1) is 15.4. The van der Waals surface area contributed by atoms with E-state index in [1.165, 1.54) is 6.08 Å². The summed E-state index contributed by atoms with van der Waals surface area (Å²) in [5.41, 5.74) is 1.52. The molecule has 0 fully saturated rings. The van der Waals surface area contributed by atoms with Crippen molar-refractivity contribution >= 4 is 12.2 Å². The van der Waals surface area contributed by atoms with Gasteiger partial charge in [-0.15, -0.1) is 0 Å². The van der Waals surface area contributed by atoms with E-state index in [-0.39, 0.29) is 24.4 Å². The van der Waals surface area contributed by atoms with Crippen LogP contribution in [0.2, 0.25) is 0 Å². The van der Waals surface area contributed by atoms with Crippen LogP contribution in [-0.2, 0) is 14.3 Å². The Bertz CT molecular complexity index is 801. The summed E-state index contributed by atoms with van der Waals surface area (Å²) in [5.74, 6) is 1.27. The smallest absolute Gasteiger partial charge is 0.392 e. The first-order valence-corrected chi connectivity index (χ1v) is 10.8. The average molecular weight is 473 g/mol. The normalized spacial score (nSPS) is 17.0. The van der Waals surface area contributed by atoms with Crippen molar-refractivity contribution in [2.45, 2.75) is 39.4 Å². The number of hydrogen-bond acceptors (Lipinski definition) is 6. The Morgan fingerprint density at radius 3 is 2.36 bits per heavy atom. The summed E-state index contributed by atoms with van der Waals surface area (Å²) in [6.45, 7) is 6.17. The number of ether oxygens (including phenoxy) is 1. The highest BCUT2D eigenvalue weighted by Gasteiger charge is 2.28. The van der Waals surface area contributed by atoms with Crippen LogP contribution in [0.15, 0.2) is 47.2 Å². The summed E-state index contributed by atoms with van der Waals surface area (Å²) in [7, 11) is 5.49. The molecule has 0 saturated heterocycles. The number of carbonyl (C=O) groups is 2. The molecule has 2 aliphatic rings. The molecule has 0 aromatic heterocycles. The topological polar surface area (TPSA) is 73.9 Å². The van der Waals surface area contributed by atoms with Gasteiger partial charge in [0.25, 0.3) is 0 Å². The number of hydrogen-bond donors (Lipinski definition) is 2. The van der Waals surface area contributed by atoms with Gasteiger partial charge in [0.2, 0.25) is 5.91 Å². The largest absolute Gasteiger partial charge is 0.479 e. The molecule has 2 heterocycles. The quantitative estimate of drug-likeness (QED) is 0.530. The zero-order valence-electron chi connectivity index (χ0n) is 20.1. The van der Waals surface area contributed by atoms with Gasteiger partial charge in [-0.3, -0.25) is 4.79 Å². The molecule has 0 aromatic rings. The molecule has 1 atom stereocenters. The molecule has 0 spiro atoms. The number of nitrogens with one attached hydrogen (secondary N) is 2. The fourth-order valence-corrected chi connectivity index (χ4v) is 2.87. The molecule has 1 unspecified atom stereocenters. The summed E-state index contributed by atoms with van der Waals surface area (Å²) in [4.78, 5) is 25.7. The Balaban J connectivity index is 0.000000981. The molecule has 0 saturated carbocycles. The highest BCUT2D eigenvalue weighted by atomic mass is 19.4. The van der Waals surface area contributed by atoms with Gasteiger partial charge in [0, 0.05) is 39.2 Å². The van der Waals surface area contributed by atoms with Crippen molar-refractivity contribution in [3.8, 4) is 0 Å². The van der Waals surface area contributed by atoms with Crippen LogP contribution in [0.25, 0.3) is 0 Å². The molecule has 186 valence electrons. The molecule has 0 aromatic carbocycles. The number of rotatable bonds is 8. The SMILES string of the molecule is CC(C)C=O.CNC1=CC(C(C)NC(=O)C2=CC=C(OCCC(F)(F)F)N(C)C2)=CCN1C. The van der Waals surface area contributed by atoms with Crippen LogP contribution < -0.4 is 10.6 Å². The van der Waals surface area contributed by atoms with E-state index in [9.17, 15) is 22.8 Å². The maximum Gasteiger partial charge on any atom is 0.392 e. The van der Waals surface area contributed by atoms with E-state index in [1.54, 1.807) is 18.0 Å². The van der Waals surface area contributed by atoms with Crippen molar-refractivity contribution in [3.05, 3.63) is 47.2 Å². The average Bonchev–Trinajstić information content (AvgIpc) is 2.74. The van der Waals surface area contributed by atoms with Gasteiger partial charge in [-0.25, -0.2) is 0 Å². The number of aldehydes is 1. The summed E-state index contributed by atoms with van der Waals surface area (Å²) in [5, 5.41) is 6.08. The van der Waals surface area contributed by atoms with Crippen molar-refractivity contribution in [1.82, 2.24) is 20.4 Å². The number of amides is 1. The molecule has 0 aliphatic carbocycles. The maximum atomic E-state index is 12.6. The molecule has 2 N–H and O–H groups in total. The number of likely N-dealkylation sites (N-methyl/N-ethyl adjacent to an activating group) is 2. The second-order valence-corrected chi connectivity index (χ2v) is 8.21. The minimum Gasteiger partial charge on any atom is -0.479 e. The van der Waals surface area contributed by atoms with Gasteiger partial charge in [-0.05, 0) is 30.7 Å². The van der Waals surface area contributed by atoms with Crippen molar-refractivity contribution in [3.63, 3.8) is 0 Å². The van der Waals surface area contributed by atoms with E-state index in [4.69, 9.17) is 4.74 Å². The first kappa shape index (κ1) is 28.1. The van der Waals surface area contributed by atoms with Crippen LogP contribution in [0, 0.1) is 5.92 Å². The first-order valence-electron chi connectivity index (χ1n) is 10.8. The van der Waals surface area contributed by atoms with Crippen molar-refractivity contribution in [2.24, 2.45) is 5.92 Å². The Hall–Kier alpha value is -2.91. The Labute approximate surface area is 194 Å². The maximum absolute atomic E-state index is 12.6. The van der Waals surface area contributed by atoms with Crippen LogP contribution in [0.4, 0.5) is 13.2 Å². The Morgan fingerprint density at radius 2 is 1.85 bits per heavy atom. The van der Waals surface area contributed by atoms with E-state index in [0.29, 0.717) is 11.5 Å². The van der Waals surface area contributed by atoms with E-state index < -0.39 is 19.2 Å². The predicted octanol–water partition coefficient (Wildman–Crippen LogP) is 2.95. The molecular weight excluding hydrogens is 437 g/mol. The number of halogens is 3. The third kappa shape index (κ3) is 10.0. The summed E-state index contributed by atoms with van der Waals surface area (Å²) < 4.78 is 41.8. The Kier molecular flexibility index (Phi) is 11.0. The van der Waals surface area contributed by atoms with Crippen LogP contribution in [0.5, 0.6) is 0 Å². The third-order valence-electron chi connectivity index (χ3n) is 4.83. The lowest BCUT2D eigenvalue weighted by Crippen LogP contribution is -2.40. The van der Waals surface area contributed by atoms with Gasteiger partial charge in [0.05, 0.1) is 25.6 Å². The predicted molar refractivity (Wildman–Crippen MR) is 122 cm³/mol. The lowest BCUT2D eigenvalue weighted by Gasteiger charge is -2.29. The monoisotopic (exact) mass is 472 g/mol. The molecule has 7 nitrogen and oxygen atoms in total. The Morgan fingerprint density at radius 1 is 1.21 bits per heavy atom. The van der Waals surface area contributed by atoms with E-state index in [1.807, 2.05) is 40.9 Å². The molecule has 0 radical (unpaired) electrons. The second-order valence-electron chi connectivity index (χ2n) is 8.21. The van der Waals surface area contributed by atoms with Crippen molar-refractivity contribution < 1.29 is 27.5 Å². The van der Waals surface area contributed by atoms with E-state index >= 15 is 0 Å². The molecule has 1 amide bonds. The summed E-state index contributed by atoms with van der Waals surface area (Å²) in [6, 6.07) is -0.177. The van der Waals surface area contributed by atoms with Gasteiger partial charge in [-0.1, -0.05) is 19.9 Å². The third-order valence-corrected chi connectivity index (χ3v) is 4.83. The van der Waals surface area contributed by atoms with E-state index in [0.717, 1.165) is 24.2 Å². The van der Waals surface area contributed by atoms with Crippen molar-refractivity contribution in [2.75, 3.05) is 40.8 Å². The summed E-state index contributed by atoms with van der Waals surface area (Å²) >= 11 is 0. The van der Waals surface area contributed by atoms with Gasteiger partial charge >= 0.3 is 6.18 Å². The van der Waals surface area contributed by atoms with Crippen LogP contribution in [-0.4, -0.2) is 75.1 Å². The standard InChI is InChI=1S/C19H27F3N4O2.C4H8O/c1-13(14-7-9-25(3)16(11-14)23-2)24-18(27)15-5-6-17(26(4)12-15)28-10-8-19(20,21)22;1-4(2)3-5/h5-7,11,13,23H,8-10,12H2,1-4H3,(H,24,27);3-4H,1-2H3. The summed E-state index contributed by atoms with van der Waals surface area (Å²) in [6.07, 6.45) is 2.80. The fraction of sp³-hybridized carbons (Fsp3) is 0.565. The van der Waals surface area contributed by atoms with Crippen LogP contribution in [0.3, 0.4) is 0 Å². The molecule has 2 aliphatic heterocycles. The fourth-order valence-electron chi connectivity index (χ4n) is 2.87. The van der Waals surface area contributed by atoms with Gasteiger partial charge < -0.3 is 30.0 Å². The minimum atomic E-state index is -4.25. The molecule has 10 heteroatoms. The van der Waals surface area contributed by atoms with Crippen LogP contribution in [0.1, 0.15) is 27.2 Å². The highest BCUT2D eigenvalue weighted by Crippen LogP contribution is 2.21. The van der Waals surface area contributed by atoms with Gasteiger partial charge in [-0.2, -0.15) is 13.2 Å². The van der Waals surface area contributed by atoms with E-state index in [2.05, 4.69) is 21.6 Å². The van der Waals surface area contributed by atoms with Gasteiger partial charge in [0.15, 0.2) is 5.88 Å². The number of alkyl halides is 3. The minimum absolute atomic E-state index is 0.177. The van der Waals surface area contributed by atoms with Crippen molar-refractivity contribution in [1.29, 1.82) is 0 Å². The zero-order valence-corrected chi connectivity index (χ0v) is 20.1. The highest BCUT2D eigenvalue weighted by molar-refractivity contribution is 5.94. The number of allylic oxidation sites excluding steroid dienone is 2. The molecule has 0 bridgehead atoms. The number of nitrogens with zero attached hydrogens (tertiary/aromatic N) is 2. The lowest BCUT2D eigenvalue weighted by molar-refractivity contribution is -0.143. The molecule has 2 rings (SSSR count). The number of carbonyl (C=O) groups excluding carboxylic acids is 2.